The Bertz CT molecular complexity index is 386. The Morgan fingerprint density at radius 1 is 1.50 bits per heavy atom. The first-order valence-electron chi connectivity index (χ1n) is 6.27. The van der Waals surface area contributed by atoms with Gasteiger partial charge in [-0.25, -0.2) is 4.98 Å². The highest BCUT2D eigenvalue weighted by molar-refractivity contribution is 5.78. The molecule has 5 heteroatoms. The van der Waals surface area contributed by atoms with Crippen LogP contribution in [-0.2, 0) is 11.3 Å². The smallest absolute Gasteiger partial charge is 0.223 e. The van der Waals surface area contributed by atoms with Crippen molar-refractivity contribution in [2.75, 3.05) is 20.2 Å². The van der Waals surface area contributed by atoms with Gasteiger partial charge in [-0.1, -0.05) is 6.07 Å². The number of ether oxygens (including phenoxy) is 1. The summed E-state index contributed by atoms with van der Waals surface area (Å²) in [4.78, 5) is 16.0. The number of aromatic nitrogens is 1. The number of carbonyl (C=O) groups excluding carboxylic acids is 1. The van der Waals surface area contributed by atoms with Gasteiger partial charge in [0.2, 0.25) is 11.8 Å². The topological polar surface area (TPSA) is 63.2 Å². The molecule has 0 bridgehead atoms. The Morgan fingerprint density at radius 2 is 2.28 bits per heavy atom. The van der Waals surface area contributed by atoms with E-state index in [9.17, 15) is 4.79 Å². The molecule has 18 heavy (non-hydrogen) atoms. The van der Waals surface area contributed by atoms with Crippen LogP contribution in [0.5, 0.6) is 5.88 Å². The number of methoxy groups -OCH3 is 1. The summed E-state index contributed by atoms with van der Waals surface area (Å²) in [6, 6.07) is 3.71. The van der Waals surface area contributed by atoms with Crippen LogP contribution in [0.25, 0.3) is 0 Å². The number of pyridine rings is 1. The van der Waals surface area contributed by atoms with Crippen molar-refractivity contribution in [3.05, 3.63) is 23.9 Å². The van der Waals surface area contributed by atoms with Crippen LogP contribution in [-0.4, -0.2) is 31.1 Å². The third-order valence-electron chi connectivity index (χ3n) is 3.18. The molecule has 0 unspecified atom stereocenters. The van der Waals surface area contributed by atoms with E-state index >= 15 is 0 Å². The van der Waals surface area contributed by atoms with Gasteiger partial charge < -0.3 is 15.4 Å². The lowest BCUT2D eigenvalue weighted by Crippen LogP contribution is -2.37. The Morgan fingerprint density at radius 3 is 2.89 bits per heavy atom. The first-order chi connectivity index (χ1) is 8.79. The Labute approximate surface area is 107 Å². The van der Waals surface area contributed by atoms with Gasteiger partial charge >= 0.3 is 0 Å². The van der Waals surface area contributed by atoms with Crippen molar-refractivity contribution < 1.29 is 9.53 Å². The molecule has 0 spiro atoms. The standard InChI is InChI=1S/C13H19N3O2/c1-18-12-3-2-10(8-15-12)9-16-13(17)11-4-6-14-7-5-11/h2-3,8,11,14H,4-7,9H2,1H3,(H,16,17). The van der Waals surface area contributed by atoms with E-state index < -0.39 is 0 Å². The zero-order valence-electron chi connectivity index (χ0n) is 10.6. The van der Waals surface area contributed by atoms with Gasteiger partial charge in [-0.15, -0.1) is 0 Å². The molecule has 2 rings (SSSR count). The normalized spacial score (nSPS) is 16.3. The number of hydrogen-bond acceptors (Lipinski definition) is 4. The average molecular weight is 249 g/mol. The fraction of sp³-hybridized carbons (Fsp3) is 0.538. The summed E-state index contributed by atoms with van der Waals surface area (Å²) in [5, 5.41) is 6.21. The summed E-state index contributed by atoms with van der Waals surface area (Å²) in [6.07, 6.45) is 3.57. The summed E-state index contributed by atoms with van der Waals surface area (Å²) in [7, 11) is 1.58. The van der Waals surface area contributed by atoms with E-state index in [2.05, 4.69) is 15.6 Å². The first-order valence-corrected chi connectivity index (χ1v) is 6.27. The molecule has 1 aromatic rings. The molecular weight excluding hydrogens is 230 g/mol. The predicted octanol–water partition coefficient (Wildman–Crippen LogP) is 0.706. The van der Waals surface area contributed by atoms with Gasteiger partial charge in [0.05, 0.1) is 7.11 Å². The maximum absolute atomic E-state index is 11.9. The van der Waals surface area contributed by atoms with Crippen molar-refractivity contribution in [3.8, 4) is 5.88 Å². The Hall–Kier alpha value is -1.62. The minimum absolute atomic E-state index is 0.146. The molecule has 2 N–H and O–H groups in total. The number of nitrogens with one attached hydrogen (secondary N) is 2. The van der Waals surface area contributed by atoms with Crippen molar-refractivity contribution in [3.63, 3.8) is 0 Å². The van der Waals surface area contributed by atoms with E-state index in [4.69, 9.17) is 4.74 Å². The Kier molecular flexibility index (Phi) is 4.52. The predicted molar refractivity (Wildman–Crippen MR) is 68.2 cm³/mol. The Balaban J connectivity index is 1.80. The second-order valence-corrected chi connectivity index (χ2v) is 4.45. The molecule has 0 radical (unpaired) electrons. The van der Waals surface area contributed by atoms with Crippen LogP contribution in [0, 0.1) is 5.92 Å². The van der Waals surface area contributed by atoms with E-state index in [0.29, 0.717) is 12.4 Å². The number of hydrogen-bond donors (Lipinski definition) is 2. The van der Waals surface area contributed by atoms with Crippen LogP contribution >= 0.6 is 0 Å². The van der Waals surface area contributed by atoms with Gasteiger partial charge in [0.1, 0.15) is 0 Å². The molecule has 0 aromatic carbocycles. The van der Waals surface area contributed by atoms with Crippen LogP contribution in [0.4, 0.5) is 0 Å². The van der Waals surface area contributed by atoms with Crippen LogP contribution in [0.15, 0.2) is 18.3 Å². The zero-order valence-corrected chi connectivity index (χ0v) is 10.6. The molecule has 1 amide bonds. The molecule has 5 nitrogen and oxygen atoms in total. The molecule has 0 aliphatic carbocycles. The van der Waals surface area contributed by atoms with Gasteiger partial charge in [0, 0.05) is 24.7 Å². The van der Waals surface area contributed by atoms with Gasteiger partial charge in [-0.2, -0.15) is 0 Å². The van der Waals surface area contributed by atoms with Crippen molar-refractivity contribution in [1.82, 2.24) is 15.6 Å². The van der Waals surface area contributed by atoms with E-state index in [1.165, 1.54) is 0 Å². The van der Waals surface area contributed by atoms with Crippen LogP contribution in [0.1, 0.15) is 18.4 Å². The van der Waals surface area contributed by atoms with Crippen molar-refractivity contribution in [2.24, 2.45) is 5.92 Å². The van der Waals surface area contributed by atoms with Crippen LogP contribution in [0.3, 0.4) is 0 Å². The van der Waals surface area contributed by atoms with Gasteiger partial charge in [0.15, 0.2) is 0 Å². The molecule has 0 atom stereocenters. The van der Waals surface area contributed by atoms with Gasteiger partial charge in [-0.3, -0.25) is 4.79 Å². The van der Waals surface area contributed by atoms with Gasteiger partial charge in [0.25, 0.3) is 0 Å². The lowest BCUT2D eigenvalue weighted by atomic mass is 9.97. The van der Waals surface area contributed by atoms with Crippen molar-refractivity contribution >= 4 is 5.91 Å². The highest BCUT2D eigenvalue weighted by atomic mass is 16.5. The summed E-state index contributed by atoms with van der Waals surface area (Å²) >= 11 is 0. The third kappa shape index (κ3) is 3.43. The minimum atomic E-state index is 0.146. The summed E-state index contributed by atoms with van der Waals surface area (Å²) in [6.45, 7) is 2.39. The molecule has 1 fully saturated rings. The molecule has 1 aliphatic heterocycles. The summed E-state index contributed by atoms with van der Waals surface area (Å²) in [5.41, 5.74) is 0.984. The second kappa shape index (κ2) is 6.35. The van der Waals surface area contributed by atoms with Crippen molar-refractivity contribution in [2.45, 2.75) is 19.4 Å². The molecule has 1 saturated heterocycles. The fourth-order valence-electron chi connectivity index (χ4n) is 2.05. The molecule has 1 aromatic heterocycles. The van der Waals surface area contributed by atoms with Gasteiger partial charge in [-0.05, 0) is 31.5 Å². The first kappa shape index (κ1) is 12.8. The van der Waals surface area contributed by atoms with E-state index in [1.54, 1.807) is 19.4 Å². The third-order valence-corrected chi connectivity index (χ3v) is 3.18. The quantitative estimate of drug-likeness (QED) is 0.825. The molecule has 1 aliphatic rings. The minimum Gasteiger partial charge on any atom is -0.481 e. The van der Waals surface area contributed by atoms with Crippen molar-refractivity contribution in [1.29, 1.82) is 0 Å². The van der Waals surface area contributed by atoms with E-state index in [-0.39, 0.29) is 11.8 Å². The summed E-state index contributed by atoms with van der Waals surface area (Å²) < 4.78 is 4.98. The van der Waals surface area contributed by atoms with E-state index in [0.717, 1.165) is 31.5 Å². The highest BCUT2D eigenvalue weighted by Gasteiger charge is 2.20. The SMILES string of the molecule is COc1ccc(CNC(=O)C2CCNCC2)cn1. The zero-order chi connectivity index (χ0) is 12.8. The molecule has 0 saturated carbocycles. The van der Waals surface area contributed by atoms with Crippen LogP contribution in [0.2, 0.25) is 0 Å². The number of rotatable bonds is 4. The fourth-order valence-corrected chi connectivity index (χ4v) is 2.05. The molecular formula is C13H19N3O2. The monoisotopic (exact) mass is 249 g/mol. The highest BCUT2D eigenvalue weighted by Crippen LogP contribution is 2.12. The van der Waals surface area contributed by atoms with E-state index in [1.807, 2.05) is 6.07 Å². The molecule has 98 valence electrons. The number of amides is 1. The lowest BCUT2D eigenvalue weighted by Gasteiger charge is -2.21. The average Bonchev–Trinajstić information content (AvgIpc) is 2.46. The maximum atomic E-state index is 11.9. The number of nitrogens with zero attached hydrogens (tertiary/aromatic N) is 1. The lowest BCUT2D eigenvalue weighted by molar-refractivity contribution is -0.125. The number of carbonyl (C=O) groups is 1. The largest absolute Gasteiger partial charge is 0.481 e. The second-order valence-electron chi connectivity index (χ2n) is 4.45. The maximum Gasteiger partial charge on any atom is 0.223 e. The number of piperidine rings is 1. The summed E-state index contributed by atoms with van der Waals surface area (Å²) in [5.74, 6) is 0.883. The molecule has 2 heterocycles. The van der Waals surface area contributed by atoms with Crippen LogP contribution < -0.4 is 15.4 Å².